The standard InChI is InChI=1S/C19H25N3O2S/c1-13-6-4-5-10-22(13)16(23)9-11-21-12-20-18-17(19(21)24)14-7-2-3-8-15(14)25-18/h12-13H,2-11H2,1H3. The van der Waals surface area contributed by atoms with Crippen molar-refractivity contribution in [2.75, 3.05) is 6.54 Å². The van der Waals surface area contributed by atoms with E-state index in [0.717, 1.165) is 48.9 Å². The lowest BCUT2D eigenvalue weighted by Crippen LogP contribution is -2.42. The van der Waals surface area contributed by atoms with Crippen molar-refractivity contribution in [3.8, 4) is 0 Å². The molecule has 134 valence electrons. The minimum absolute atomic E-state index is 0.0314. The largest absolute Gasteiger partial charge is 0.340 e. The molecule has 0 N–H and O–H groups in total. The van der Waals surface area contributed by atoms with Gasteiger partial charge in [0.2, 0.25) is 5.91 Å². The average molecular weight is 359 g/mol. The van der Waals surface area contributed by atoms with Crippen molar-refractivity contribution in [1.82, 2.24) is 14.5 Å². The zero-order valence-electron chi connectivity index (χ0n) is 14.8. The van der Waals surface area contributed by atoms with Gasteiger partial charge >= 0.3 is 0 Å². The van der Waals surface area contributed by atoms with Gasteiger partial charge in [-0.3, -0.25) is 14.2 Å². The van der Waals surface area contributed by atoms with Gasteiger partial charge < -0.3 is 4.90 Å². The van der Waals surface area contributed by atoms with Gasteiger partial charge in [-0.25, -0.2) is 4.98 Å². The first-order valence-corrected chi connectivity index (χ1v) is 10.3. The Balaban J connectivity index is 1.54. The summed E-state index contributed by atoms with van der Waals surface area (Å²) in [6.45, 7) is 3.40. The van der Waals surface area contributed by atoms with E-state index in [1.54, 1.807) is 22.2 Å². The highest BCUT2D eigenvalue weighted by Crippen LogP contribution is 2.33. The summed E-state index contributed by atoms with van der Waals surface area (Å²) in [6.07, 6.45) is 9.79. The summed E-state index contributed by atoms with van der Waals surface area (Å²) >= 11 is 1.67. The Morgan fingerprint density at radius 3 is 2.96 bits per heavy atom. The number of rotatable bonds is 3. The Hall–Kier alpha value is -1.69. The molecule has 2 aliphatic rings. The maximum Gasteiger partial charge on any atom is 0.262 e. The van der Waals surface area contributed by atoms with E-state index in [-0.39, 0.29) is 11.5 Å². The summed E-state index contributed by atoms with van der Waals surface area (Å²) in [7, 11) is 0. The van der Waals surface area contributed by atoms with Crippen molar-refractivity contribution >= 4 is 27.5 Å². The van der Waals surface area contributed by atoms with Crippen molar-refractivity contribution in [2.45, 2.75) is 70.9 Å². The van der Waals surface area contributed by atoms with E-state index in [9.17, 15) is 9.59 Å². The minimum Gasteiger partial charge on any atom is -0.340 e. The predicted octanol–water partition coefficient (Wildman–Crippen LogP) is 3.13. The minimum atomic E-state index is 0.0314. The second-order valence-corrected chi connectivity index (χ2v) is 8.40. The lowest BCUT2D eigenvalue weighted by atomic mass is 9.97. The van der Waals surface area contributed by atoms with E-state index < -0.39 is 0 Å². The van der Waals surface area contributed by atoms with Crippen molar-refractivity contribution < 1.29 is 4.79 Å². The van der Waals surface area contributed by atoms with Crippen LogP contribution in [0.25, 0.3) is 10.2 Å². The highest BCUT2D eigenvalue weighted by molar-refractivity contribution is 7.18. The van der Waals surface area contributed by atoms with Crippen LogP contribution in [0.2, 0.25) is 0 Å². The van der Waals surface area contributed by atoms with Gasteiger partial charge in [0, 0.05) is 30.4 Å². The van der Waals surface area contributed by atoms with Gasteiger partial charge in [0.05, 0.1) is 11.7 Å². The van der Waals surface area contributed by atoms with Gasteiger partial charge in [-0.1, -0.05) is 0 Å². The van der Waals surface area contributed by atoms with Gasteiger partial charge in [-0.05, 0) is 57.4 Å². The number of aromatic nitrogens is 2. The molecule has 3 heterocycles. The first-order valence-electron chi connectivity index (χ1n) is 9.44. The molecule has 0 bridgehead atoms. The lowest BCUT2D eigenvalue weighted by molar-refractivity contribution is -0.134. The molecule has 1 saturated heterocycles. The van der Waals surface area contributed by atoms with Crippen LogP contribution in [-0.2, 0) is 24.2 Å². The third-order valence-electron chi connectivity index (χ3n) is 5.63. The molecule has 0 aromatic carbocycles. The second-order valence-electron chi connectivity index (χ2n) is 7.32. The molecule has 5 nitrogen and oxygen atoms in total. The number of nitrogens with zero attached hydrogens (tertiary/aromatic N) is 3. The third-order valence-corrected chi connectivity index (χ3v) is 6.83. The lowest BCUT2D eigenvalue weighted by Gasteiger charge is -2.33. The van der Waals surface area contributed by atoms with E-state index in [0.29, 0.717) is 19.0 Å². The first-order chi connectivity index (χ1) is 12.1. The topological polar surface area (TPSA) is 55.2 Å². The molecule has 0 spiro atoms. The Kier molecular flexibility index (Phi) is 4.63. The molecule has 2 aromatic heterocycles. The molecule has 1 fully saturated rings. The van der Waals surface area contributed by atoms with E-state index in [1.807, 2.05) is 4.90 Å². The molecule has 1 unspecified atom stereocenters. The van der Waals surface area contributed by atoms with Crippen molar-refractivity contribution in [3.05, 3.63) is 27.1 Å². The van der Waals surface area contributed by atoms with E-state index in [1.165, 1.54) is 23.3 Å². The normalized spacial score (nSPS) is 20.7. The van der Waals surface area contributed by atoms with Gasteiger partial charge in [-0.2, -0.15) is 0 Å². The number of aryl methyl sites for hydroxylation is 3. The molecular formula is C19H25N3O2S. The van der Waals surface area contributed by atoms with E-state index in [4.69, 9.17) is 0 Å². The summed E-state index contributed by atoms with van der Waals surface area (Å²) in [6, 6.07) is 0.322. The summed E-state index contributed by atoms with van der Waals surface area (Å²) in [4.78, 5) is 34.1. The maximum atomic E-state index is 12.9. The fraction of sp³-hybridized carbons (Fsp3) is 0.632. The van der Waals surface area contributed by atoms with Crippen LogP contribution < -0.4 is 5.56 Å². The zero-order chi connectivity index (χ0) is 17.4. The summed E-state index contributed by atoms with van der Waals surface area (Å²) in [5.41, 5.74) is 1.25. The SMILES string of the molecule is CC1CCCCN1C(=O)CCn1cnc2sc3c(c2c1=O)CCCC3. The molecule has 1 atom stereocenters. The van der Waals surface area contributed by atoms with Gasteiger partial charge in [0.1, 0.15) is 4.83 Å². The Morgan fingerprint density at radius 1 is 1.28 bits per heavy atom. The number of thiophene rings is 1. The summed E-state index contributed by atoms with van der Waals surface area (Å²) in [5, 5.41) is 0.806. The average Bonchev–Trinajstić information content (AvgIpc) is 3.00. The van der Waals surface area contributed by atoms with Crippen LogP contribution in [-0.4, -0.2) is 32.9 Å². The van der Waals surface area contributed by atoms with Gasteiger partial charge in [0.25, 0.3) is 5.56 Å². The smallest absolute Gasteiger partial charge is 0.262 e. The van der Waals surface area contributed by atoms with Crippen molar-refractivity contribution in [3.63, 3.8) is 0 Å². The number of carbonyl (C=O) groups excluding carboxylic acids is 1. The van der Waals surface area contributed by atoms with Crippen LogP contribution in [0.5, 0.6) is 0 Å². The van der Waals surface area contributed by atoms with Gasteiger partial charge in [-0.15, -0.1) is 11.3 Å². The molecule has 1 aliphatic heterocycles. The highest BCUT2D eigenvalue weighted by Gasteiger charge is 2.23. The number of likely N-dealkylation sites (tertiary alicyclic amines) is 1. The number of hydrogen-bond donors (Lipinski definition) is 0. The molecule has 0 radical (unpaired) electrons. The number of hydrogen-bond acceptors (Lipinski definition) is 4. The molecule has 4 rings (SSSR count). The van der Waals surface area contributed by atoms with Crippen LogP contribution in [0, 0.1) is 0 Å². The monoisotopic (exact) mass is 359 g/mol. The number of piperidine rings is 1. The van der Waals surface area contributed by atoms with Crippen LogP contribution in [0.1, 0.15) is 55.9 Å². The van der Waals surface area contributed by atoms with E-state index in [2.05, 4.69) is 11.9 Å². The van der Waals surface area contributed by atoms with Crippen LogP contribution in [0.4, 0.5) is 0 Å². The summed E-state index contributed by atoms with van der Waals surface area (Å²) < 4.78 is 1.64. The van der Waals surface area contributed by atoms with Crippen LogP contribution >= 0.6 is 11.3 Å². The van der Waals surface area contributed by atoms with Gasteiger partial charge in [0.15, 0.2) is 0 Å². The molecule has 6 heteroatoms. The number of carbonyl (C=O) groups is 1. The summed E-state index contributed by atoms with van der Waals surface area (Å²) in [5.74, 6) is 0.159. The quantitative estimate of drug-likeness (QED) is 0.846. The van der Waals surface area contributed by atoms with Crippen molar-refractivity contribution in [2.24, 2.45) is 0 Å². The van der Waals surface area contributed by atoms with Crippen LogP contribution in [0.15, 0.2) is 11.1 Å². The molecule has 1 aliphatic carbocycles. The molecule has 2 aromatic rings. The zero-order valence-corrected chi connectivity index (χ0v) is 15.6. The fourth-order valence-electron chi connectivity index (χ4n) is 4.17. The maximum absolute atomic E-state index is 12.9. The Bertz CT molecular complexity index is 854. The second kappa shape index (κ2) is 6.90. The van der Waals surface area contributed by atoms with Crippen LogP contribution in [0.3, 0.4) is 0 Å². The van der Waals surface area contributed by atoms with E-state index >= 15 is 0 Å². The molecule has 0 saturated carbocycles. The Labute approximate surface area is 151 Å². The van der Waals surface area contributed by atoms with Crippen molar-refractivity contribution in [1.29, 1.82) is 0 Å². The number of fused-ring (bicyclic) bond motifs is 3. The molecule has 1 amide bonds. The fourth-order valence-corrected chi connectivity index (χ4v) is 5.39. The molecular weight excluding hydrogens is 334 g/mol. The predicted molar refractivity (Wildman–Crippen MR) is 100 cm³/mol. The molecule has 25 heavy (non-hydrogen) atoms. The third kappa shape index (κ3) is 3.12. The first kappa shape index (κ1) is 16.8. The highest BCUT2D eigenvalue weighted by atomic mass is 32.1. The number of amides is 1. The Morgan fingerprint density at radius 2 is 2.12 bits per heavy atom.